The summed E-state index contributed by atoms with van der Waals surface area (Å²) in [6, 6.07) is 22.3. The normalized spacial score (nSPS) is 12.5. The maximum Gasteiger partial charge on any atom is 0.280 e. The zero-order valence-electron chi connectivity index (χ0n) is 17.5. The molecule has 166 valence electrons. The van der Waals surface area contributed by atoms with Crippen LogP contribution in [0, 0.1) is 0 Å². The molecule has 6 rings (SSSR count). The Kier molecular flexibility index (Phi) is 5.01. The van der Waals surface area contributed by atoms with Gasteiger partial charge in [0.2, 0.25) is 0 Å². The van der Waals surface area contributed by atoms with Crippen molar-refractivity contribution in [3.05, 3.63) is 100 Å². The number of aromatic amines is 1. The molecule has 1 aliphatic heterocycles. The predicted octanol–water partition coefficient (Wildman–Crippen LogP) is 7.09. The van der Waals surface area contributed by atoms with Gasteiger partial charge in [-0.15, -0.1) is 22.7 Å². The van der Waals surface area contributed by atoms with Crippen LogP contribution in [0.3, 0.4) is 0 Å². The van der Waals surface area contributed by atoms with Crippen LogP contribution in [-0.2, 0) is 0 Å². The van der Waals surface area contributed by atoms with E-state index in [1.54, 1.807) is 0 Å². The van der Waals surface area contributed by atoms with Crippen LogP contribution >= 0.6 is 22.7 Å². The first-order valence-electron chi connectivity index (χ1n) is 10.4. The van der Waals surface area contributed by atoms with Crippen molar-refractivity contribution in [3.8, 4) is 38.8 Å². The number of fused-ring (bicyclic) bond motifs is 1. The molecular formula is C26H16N2O4S2. The average molecular weight is 485 g/mol. The molecule has 0 radical (unpaired) electrons. The molecule has 0 bridgehead atoms. The van der Waals surface area contributed by atoms with E-state index >= 15 is 0 Å². The number of nitrogens with one attached hydrogen (secondary N) is 1. The van der Waals surface area contributed by atoms with Gasteiger partial charge in [0, 0.05) is 5.56 Å². The highest BCUT2D eigenvalue weighted by atomic mass is 32.1. The summed E-state index contributed by atoms with van der Waals surface area (Å²) in [5, 5.41) is 16.2. The maximum absolute atomic E-state index is 12.8. The Morgan fingerprint density at radius 3 is 1.82 bits per heavy atom. The summed E-state index contributed by atoms with van der Waals surface area (Å²) in [6.07, 6.45) is 0. The molecule has 2 N–H and O–H groups in total. The number of H-pyrrole nitrogens is 1. The van der Waals surface area contributed by atoms with Gasteiger partial charge in [0.15, 0.2) is 16.0 Å². The number of benzene rings is 2. The number of hydrogen-bond donors (Lipinski definition) is 2. The fraction of sp³-hybridized carbons (Fsp3) is 0. The summed E-state index contributed by atoms with van der Waals surface area (Å²) in [4.78, 5) is 20.1. The first-order chi connectivity index (χ1) is 16.7. The maximum atomic E-state index is 12.8. The quantitative estimate of drug-likeness (QED) is 0.270. The summed E-state index contributed by atoms with van der Waals surface area (Å²) in [7, 11) is 0. The van der Waals surface area contributed by atoms with E-state index in [4.69, 9.17) is 9.47 Å². The Hall–Kier alpha value is -4.14. The van der Waals surface area contributed by atoms with Gasteiger partial charge < -0.3 is 19.6 Å². The number of amides is 1. The fourth-order valence-electron chi connectivity index (χ4n) is 3.82. The van der Waals surface area contributed by atoms with Gasteiger partial charge >= 0.3 is 0 Å². The third-order valence-electron chi connectivity index (χ3n) is 5.34. The third kappa shape index (κ3) is 3.68. The van der Waals surface area contributed by atoms with Crippen LogP contribution in [0.5, 0.6) is 27.5 Å². The van der Waals surface area contributed by atoms with Gasteiger partial charge in [-0.3, -0.25) is 4.79 Å². The highest BCUT2D eigenvalue weighted by Crippen LogP contribution is 2.39. The van der Waals surface area contributed by atoms with Crippen LogP contribution in [-0.4, -0.2) is 21.7 Å². The predicted molar refractivity (Wildman–Crippen MR) is 133 cm³/mol. The molecule has 0 saturated heterocycles. The van der Waals surface area contributed by atoms with Gasteiger partial charge in [-0.05, 0) is 89.1 Å². The molecule has 4 heterocycles. The number of aromatic nitrogens is 1. The average Bonchev–Trinajstić information content (AvgIpc) is 3.64. The molecule has 6 nitrogen and oxygen atoms in total. The molecule has 1 amide bonds. The van der Waals surface area contributed by atoms with Crippen molar-refractivity contribution in [1.82, 2.24) is 4.98 Å². The van der Waals surface area contributed by atoms with Crippen molar-refractivity contribution in [2.45, 2.75) is 0 Å². The molecule has 0 unspecified atom stereocenters. The lowest BCUT2D eigenvalue weighted by Gasteiger charge is -2.05. The van der Waals surface area contributed by atoms with Gasteiger partial charge in [0.25, 0.3) is 5.91 Å². The number of aliphatic imine (C=N–C) groups is 1. The Morgan fingerprint density at radius 2 is 1.29 bits per heavy atom. The number of ether oxygens (including phenoxy) is 2. The van der Waals surface area contributed by atoms with Crippen molar-refractivity contribution >= 4 is 34.3 Å². The van der Waals surface area contributed by atoms with E-state index < -0.39 is 5.91 Å². The van der Waals surface area contributed by atoms with Crippen LogP contribution in [0.15, 0.2) is 88.5 Å². The van der Waals surface area contributed by atoms with Gasteiger partial charge in [0.1, 0.15) is 11.5 Å². The van der Waals surface area contributed by atoms with E-state index in [0.717, 1.165) is 15.7 Å². The van der Waals surface area contributed by atoms with Crippen molar-refractivity contribution in [3.63, 3.8) is 0 Å². The van der Waals surface area contributed by atoms with Crippen molar-refractivity contribution in [2.75, 3.05) is 0 Å². The number of rotatable bonds is 6. The first kappa shape index (κ1) is 20.5. The molecule has 0 atom stereocenters. The standard InChI is InChI=1S/C26H16N2O4S2/c29-25-21-22(24(28-25)16-7-11-18(12-8-16)32-20-4-2-14-34-20)26(30)27-23(21)15-5-9-17(10-6-15)31-19-3-1-13-33-19/h1-14,27,30H. The summed E-state index contributed by atoms with van der Waals surface area (Å²) >= 11 is 3.02. The van der Waals surface area contributed by atoms with E-state index in [9.17, 15) is 9.90 Å². The minimum Gasteiger partial charge on any atom is -0.494 e. The smallest absolute Gasteiger partial charge is 0.280 e. The Labute approximate surface area is 202 Å². The van der Waals surface area contributed by atoms with Crippen molar-refractivity contribution < 1.29 is 19.4 Å². The van der Waals surface area contributed by atoms with E-state index in [0.29, 0.717) is 39.6 Å². The van der Waals surface area contributed by atoms with E-state index in [2.05, 4.69) is 9.98 Å². The molecule has 0 saturated carbocycles. The van der Waals surface area contributed by atoms with E-state index in [1.807, 2.05) is 83.6 Å². The molecule has 1 aliphatic rings. The number of carbonyl (C=O) groups excluding carboxylic acids is 1. The molecular weight excluding hydrogens is 468 g/mol. The highest BCUT2D eigenvalue weighted by molar-refractivity contribution is 7.12. The largest absolute Gasteiger partial charge is 0.494 e. The van der Waals surface area contributed by atoms with Crippen LogP contribution in [0.2, 0.25) is 0 Å². The molecule has 2 aromatic carbocycles. The Morgan fingerprint density at radius 1 is 0.735 bits per heavy atom. The molecule has 5 aromatic rings. The first-order valence-corrected chi connectivity index (χ1v) is 12.1. The van der Waals surface area contributed by atoms with Crippen molar-refractivity contribution in [2.24, 2.45) is 4.99 Å². The lowest BCUT2D eigenvalue weighted by molar-refractivity contribution is 0.101. The van der Waals surface area contributed by atoms with Gasteiger partial charge in [-0.25, -0.2) is 4.99 Å². The van der Waals surface area contributed by atoms with E-state index in [1.165, 1.54) is 22.7 Å². The molecule has 3 aromatic heterocycles. The molecule has 8 heteroatoms. The lowest BCUT2D eigenvalue weighted by Crippen LogP contribution is -1.99. The second-order valence-corrected chi connectivity index (χ2v) is 9.30. The third-order valence-corrected chi connectivity index (χ3v) is 6.83. The lowest BCUT2D eigenvalue weighted by atomic mass is 10.00. The minimum absolute atomic E-state index is 0.0903. The summed E-state index contributed by atoms with van der Waals surface area (Å²) in [5.74, 6) is 0.883. The highest BCUT2D eigenvalue weighted by Gasteiger charge is 2.33. The van der Waals surface area contributed by atoms with Crippen LogP contribution in [0.4, 0.5) is 0 Å². The monoisotopic (exact) mass is 484 g/mol. The van der Waals surface area contributed by atoms with Crippen LogP contribution < -0.4 is 9.47 Å². The SMILES string of the molecule is O=C1N=C(c2ccc(Oc3cccs3)cc2)c2c(O)[nH]c(-c3ccc(Oc4cccs4)cc3)c21. The zero-order valence-corrected chi connectivity index (χ0v) is 19.2. The number of carbonyl (C=O) groups is 1. The topological polar surface area (TPSA) is 83.9 Å². The summed E-state index contributed by atoms with van der Waals surface area (Å²) in [5.41, 5.74) is 3.19. The molecule has 0 fully saturated rings. The van der Waals surface area contributed by atoms with E-state index in [-0.39, 0.29) is 5.88 Å². The Bertz CT molecular complexity index is 1500. The summed E-state index contributed by atoms with van der Waals surface area (Å²) in [6.45, 7) is 0. The number of nitrogens with zero attached hydrogens (tertiary/aromatic N) is 1. The second kappa shape index (κ2) is 8.33. The van der Waals surface area contributed by atoms with Crippen LogP contribution in [0.25, 0.3) is 11.3 Å². The Balaban J connectivity index is 1.28. The second-order valence-electron chi connectivity index (χ2n) is 7.48. The number of aromatic hydroxyl groups is 1. The van der Waals surface area contributed by atoms with Gasteiger partial charge in [-0.1, -0.05) is 0 Å². The van der Waals surface area contributed by atoms with Crippen LogP contribution in [0.1, 0.15) is 21.5 Å². The van der Waals surface area contributed by atoms with Gasteiger partial charge in [0.05, 0.1) is 22.5 Å². The molecule has 34 heavy (non-hydrogen) atoms. The van der Waals surface area contributed by atoms with Gasteiger partial charge in [-0.2, -0.15) is 0 Å². The van der Waals surface area contributed by atoms with Crippen molar-refractivity contribution in [1.29, 1.82) is 0 Å². The molecule has 0 aliphatic carbocycles. The zero-order chi connectivity index (χ0) is 23.1. The number of thiophene rings is 2. The number of hydrogen-bond acceptors (Lipinski definition) is 6. The summed E-state index contributed by atoms with van der Waals surface area (Å²) < 4.78 is 11.6. The fourth-order valence-corrected chi connectivity index (χ4v) is 5.00. The molecule has 0 spiro atoms. The minimum atomic E-state index is -0.394.